The molecule has 1 saturated heterocycles. The third kappa shape index (κ3) is 5.28. The first kappa shape index (κ1) is 19.3. The summed E-state index contributed by atoms with van der Waals surface area (Å²) < 4.78 is 26.8. The van der Waals surface area contributed by atoms with Crippen LogP contribution in [0.25, 0.3) is 0 Å². The zero-order chi connectivity index (χ0) is 19.1. The number of sulfonamides is 1. The first-order valence-corrected chi connectivity index (χ1v) is 10.3. The van der Waals surface area contributed by atoms with Crippen LogP contribution >= 0.6 is 0 Å². The molecule has 0 bridgehead atoms. The topological polar surface area (TPSA) is 85.8 Å². The second-order valence-corrected chi connectivity index (χ2v) is 8.18. The van der Waals surface area contributed by atoms with Crippen molar-refractivity contribution < 1.29 is 13.6 Å². The average molecular weight is 386 g/mol. The Bertz CT molecular complexity index is 887. The molecule has 1 aliphatic rings. The van der Waals surface area contributed by atoms with E-state index in [1.54, 1.807) is 6.20 Å². The van der Waals surface area contributed by atoms with Gasteiger partial charge in [-0.05, 0) is 24.3 Å². The summed E-state index contributed by atoms with van der Waals surface area (Å²) in [5, 5.41) is 9.30. The number of hydrogen-bond acceptors (Lipinski definition) is 6. The van der Waals surface area contributed by atoms with Crippen molar-refractivity contribution in [3.05, 3.63) is 60.3 Å². The van der Waals surface area contributed by atoms with Gasteiger partial charge in [-0.25, -0.2) is 13.4 Å². The summed E-state index contributed by atoms with van der Waals surface area (Å²) in [5.74, 6) is 6.22. The highest BCUT2D eigenvalue weighted by molar-refractivity contribution is 7.89. The molecule has 7 nitrogen and oxygen atoms in total. The zero-order valence-corrected chi connectivity index (χ0v) is 15.6. The lowest BCUT2D eigenvalue weighted by molar-refractivity contribution is 0.153. The predicted molar refractivity (Wildman–Crippen MR) is 104 cm³/mol. The molecule has 1 aromatic carbocycles. The fraction of sp³-hybridized carbons (Fsp3) is 0.316. The second-order valence-electron chi connectivity index (χ2n) is 6.17. The molecule has 27 heavy (non-hydrogen) atoms. The van der Waals surface area contributed by atoms with Gasteiger partial charge in [0.15, 0.2) is 0 Å². The number of hydroxylamine groups is 1. The number of benzene rings is 1. The van der Waals surface area contributed by atoms with Crippen LogP contribution in [0.3, 0.4) is 0 Å². The summed E-state index contributed by atoms with van der Waals surface area (Å²) in [5.41, 5.74) is 2.77. The third-order valence-electron chi connectivity index (χ3n) is 4.30. The summed E-state index contributed by atoms with van der Waals surface area (Å²) in [6, 6.07) is 14.0. The predicted octanol–water partition coefficient (Wildman–Crippen LogP) is 0.932. The number of anilines is 1. The molecule has 1 atom stereocenters. The first-order valence-electron chi connectivity index (χ1n) is 8.68. The molecular formula is C19H22N4O3S. The Morgan fingerprint density at radius 1 is 1.07 bits per heavy atom. The van der Waals surface area contributed by atoms with Gasteiger partial charge in [0.2, 0.25) is 10.0 Å². The van der Waals surface area contributed by atoms with Gasteiger partial charge in [0.25, 0.3) is 0 Å². The van der Waals surface area contributed by atoms with Crippen LogP contribution < -0.4 is 10.4 Å². The van der Waals surface area contributed by atoms with E-state index in [1.165, 1.54) is 4.31 Å². The molecule has 1 fully saturated rings. The van der Waals surface area contributed by atoms with Crippen molar-refractivity contribution in [2.75, 3.05) is 36.8 Å². The molecule has 142 valence electrons. The maximum atomic E-state index is 12.7. The first-order chi connectivity index (χ1) is 13.1. The van der Waals surface area contributed by atoms with E-state index >= 15 is 0 Å². The molecular weight excluding hydrogens is 364 g/mol. The average Bonchev–Trinajstić information content (AvgIpc) is 2.72. The van der Waals surface area contributed by atoms with Crippen LogP contribution in [0.5, 0.6) is 0 Å². The quantitative estimate of drug-likeness (QED) is 0.587. The molecule has 0 radical (unpaired) electrons. The van der Waals surface area contributed by atoms with E-state index in [4.69, 9.17) is 0 Å². The molecule has 1 unspecified atom stereocenters. The summed E-state index contributed by atoms with van der Waals surface area (Å²) in [6.45, 7) is 1.90. The highest BCUT2D eigenvalue weighted by Gasteiger charge is 2.29. The summed E-state index contributed by atoms with van der Waals surface area (Å²) in [7, 11) is -3.54. The second kappa shape index (κ2) is 8.97. The monoisotopic (exact) mass is 386 g/mol. The van der Waals surface area contributed by atoms with E-state index in [0.717, 1.165) is 11.4 Å². The number of nitrogens with one attached hydrogen (secondary N) is 1. The lowest BCUT2D eigenvalue weighted by Crippen LogP contribution is -2.51. The molecule has 1 aliphatic heterocycles. The minimum absolute atomic E-state index is 0.285. The Morgan fingerprint density at radius 2 is 1.78 bits per heavy atom. The van der Waals surface area contributed by atoms with E-state index in [2.05, 4.69) is 21.7 Å². The van der Waals surface area contributed by atoms with Gasteiger partial charge < -0.3 is 10.1 Å². The number of rotatable bonds is 5. The summed E-state index contributed by atoms with van der Waals surface area (Å²) in [6.07, 6.45) is 1.72. The van der Waals surface area contributed by atoms with Crippen molar-refractivity contribution >= 4 is 15.8 Å². The maximum Gasteiger partial charge on any atom is 0.216 e. The van der Waals surface area contributed by atoms with E-state index in [1.807, 2.05) is 54.0 Å². The van der Waals surface area contributed by atoms with E-state index in [0.29, 0.717) is 26.2 Å². The maximum absolute atomic E-state index is 12.7. The molecule has 0 spiro atoms. The van der Waals surface area contributed by atoms with Crippen molar-refractivity contribution in [3.8, 4) is 11.8 Å². The Balaban J connectivity index is 1.60. The lowest BCUT2D eigenvalue weighted by atomic mass is 10.2. The van der Waals surface area contributed by atoms with E-state index in [-0.39, 0.29) is 5.75 Å². The molecule has 1 aromatic heterocycles. The van der Waals surface area contributed by atoms with Crippen LogP contribution in [0.1, 0.15) is 5.56 Å². The van der Waals surface area contributed by atoms with Crippen molar-refractivity contribution in [2.45, 2.75) is 6.04 Å². The van der Waals surface area contributed by atoms with Crippen molar-refractivity contribution in [1.82, 2.24) is 14.8 Å². The number of pyridine rings is 1. The molecule has 2 N–H and O–H groups in total. The Morgan fingerprint density at radius 3 is 2.41 bits per heavy atom. The normalized spacial score (nSPS) is 16.4. The molecule has 0 aliphatic carbocycles. The number of aromatic nitrogens is 1. The van der Waals surface area contributed by atoms with Gasteiger partial charge in [-0.2, -0.15) is 9.79 Å². The highest BCUT2D eigenvalue weighted by Crippen LogP contribution is 2.15. The Kier molecular flexibility index (Phi) is 6.42. The van der Waals surface area contributed by atoms with Gasteiger partial charge in [0.05, 0.1) is 5.75 Å². The Hall–Kier alpha value is -2.44. The van der Waals surface area contributed by atoms with Gasteiger partial charge in [-0.1, -0.05) is 36.1 Å². The Labute approximate surface area is 159 Å². The van der Waals surface area contributed by atoms with Crippen LogP contribution in [0.15, 0.2) is 54.7 Å². The molecule has 0 saturated carbocycles. The number of piperazine rings is 1. The van der Waals surface area contributed by atoms with Crippen LogP contribution in [-0.4, -0.2) is 60.9 Å². The van der Waals surface area contributed by atoms with Crippen LogP contribution in [0, 0.1) is 11.8 Å². The van der Waals surface area contributed by atoms with Crippen molar-refractivity contribution in [1.29, 1.82) is 0 Å². The van der Waals surface area contributed by atoms with E-state index < -0.39 is 16.1 Å². The van der Waals surface area contributed by atoms with Gasteiger partial charge in [-0.3, -0.25) is 0 Å². The fourth-order valence-corrected chi connectivity index (χ4v) is 4.36. The molecule has 0 amide bonds. The SMILES string of the molecule is O=S(=O)(CC(C#Cc1ccccc1)NO)N1CCN(c2ccccn2)CC1. The zero-order valence-electron chi connectivity index (χ0n) is 14.8. The lowest BCUT2D eigenvalue weighted by Gasteiger charge is -2.34. The van der Waals surface area contributed by atoms with Gasteiger partial charge >= 0.3 is 0 Å². The smallest absolute Gasteiger partial charge is 0.216 e. The van der Waals surface area contributed by atoms with Crippen LogP contribution in [0.2, 0.25) is 0 Å². The molecule has 2 aromatic rings. The van der Waals surface area contributed by atoms with Gasteiger partial charge in [0, 0.05) is 37.9 Å². The molecule has 8 heteroatoms. The molecule has 2 heterocycles. The number of nitrogens with zero attached hydrogens (tertiary/aromatic N) is 3. The third-order valence-corrected chi connectivity index (χ3v) is 6.21. The number of hydrogen-bond donors (Lipinski definition) is 2. The summed E-state index contributed by atoms with van der Waals surface area (Å²) in [4.78, 5) is 6.36. The van der Waals surface area contributed by atoms with Crippen LogP contribution in [0.4, 0.5) is 5.82 Å². The highest BCUT2D eigenvalue weighted by atomic mass is 32.2. The van der Waals surface area contributed by atoms with Crippen molar-refractivity contribution in [2.24, 2.45) is 0 Å². The van der Waals surface area contributed by atoms with E-state index in [9.17, 15) is 13.6 Å². The minimum atomic E-state index is -3.54. The largest absolute Gasteiger partial charge is 0.354 e. The molecule has 3 rings (SSSR count). The summed E-state index contributed by atoms with van der Waals surface area (Å²) >= 11 is 0. The fourth-order valence-electron chi connectivity index (χ4n) is 2.86. The minimum Gasteiger partial charge on any atom is -0.354 e. The van der Waals surface area contributed by atoms with Crippen molar-refractivity contribution in [3.63, 3.8) is 0 Å². The standard InChI is InChI=1S/C19H22N4O3S/c24-21-18(10-9-17-6-2-1-3-7-17)16-27(25,26)23-14-12-22(13-15-23)19-8-4-5-11-20-19/h1-8,11,18,21,24H,12-16H2. The van der Waals surface area contributed by atoms with Gasteiger partial charge in [0.1, 0.15) is 11.9 Å². The van der Waals surface area contributed by atoms with Gasteiger partial charge in [-0.15, -0.1) is 0 Å². The van der Waals surface area contributed by atoms with Crippen LogP contribution in [-0.2, 0) is 10.0 Å².